The maximum Gasteiger partial charge on any atom is 0.259 e. The lowest BCUT2D eigenvalue weighted by Gasteiger charge is -2.09. The molecule has 0 aliphatic carbocycles. The molecule has 0 spiro atoms. The Bertz CT molecular complexity index is 1760. The van der Waals surface area contributed by atoms with Gasteiger partial charge in [0.25, 0.3) is 11.8 Å². The number of imide groups is 1. The molecule has 184 valence electrons. The number of para-hydroxylation sites is 1. The molecular formula is C30H26N4O3. The number of H-pyrrole nitrogens is 2. The number of rotatable bonds is 6. The quantitative estimate of drug-likeness (QED) is 0.261. The summed E-state index contributed by atoms with van der Waals surface area (Å²) in [6, 6.07) is 21.6. The first-order valence-corrected chi connectivity index (χ1v) is 12.1. The van der Waals surface area contributed by atoms with Crippen molar-refractivity contribution in [1.82, 2.24) is 15.3 Å². The Kier molecular flexibility index (Phi) is 5.43. The Morgan fingerprint density at radius 2 is 1.51 bits per heavy atom. The molecule has 0 fully saturated rings. The van der Waals surface area contributed by atoms with Crippen LogP contribution in [0.3, 0.4) is 0 Å². The molecule has 0 unspecified atom stereocenters. The van der Waals surface area contributed by atoms with Crippen LogP contribution in [0.2, 0.25) is 0 Å². The van der Waals surface area contributed by atoms with E-state index in [1.807, 2.05) is 67.6 Å². The van der Waals surface area contributed by atoms with Crippen LogP contribution in [0.5, 0.6) is 5.75 Å². The smallest absolute Gasteiger partial charge is 0.259 e. The lowest BCUT2D eigenvalue weighted by molar-refractivity contribution is -0.122. The Morgan fingerprint density at radius 1 is 0.784 bits per heavy atom. The minimum atomic E-state index is -0.409. The molecule has 2 aromatic heterocycles. The Balaban J connectivity index is 1.64. The first-order valence-electron chi connectivity index (χ1n) is 12.1. The fraction of sp³-hybridized carbons (Fsp3) is 0.133. The highest BCUT2D eigenvalue weighted by Gasteiger charge is 2.37. The Labute approximate surface area is 213 Å². The molecule has 5 N–H and O–H groups in total. The Morgan fingerprint density at radius 3 is 2.30 bits per heavy atom. The summed E-state index contributed by atoms with van der Waals surface area (Å²) in [4.78, 5) is 33.7. The number of benzene rings is 3. The third-order valence-electron chi connectivity index (χ3n) is 7.02. The van der Waals surface area contributed by atoms with Gasteiger partial charge in [-0.25, -0.2) is 0 Å². The van der Waals surface area contributed by atoms with Crippen LogP contribution in [-0.2, 0) is 22.6 Å². The zero-order valence-corrected chi connectivity index (χ0v) is 20.6. The fourth-order valence-electron chi connectivity index (χ4n) is 5.37. The zero-order chi connectivity index (χ0) is 25.7. The van der Waals surface area contributed by atoms with E-state index in [-0.39, 0.29) is 0 Å². The molecular weight excluding hydrogens is 464 g/mol. The maximum atomic E-state index is 13.5. The predicted octanol–water partition coefficient (Wildman–Crippen LogP) is 4.58. The summed E-state index contributed by atoms with van der Waals surface area (Å²) in [5.74, 6) is -0.140. The summed E-state index contributed by atoms with van der Waals surface area (Å²) < 4.78 is 5.45. The van der Waals surface area contributed by atoms with Gasteiger partial charge in [-0.05, 0) is 42.3 Å². The molecule has 1 aliphatic rings. The van der Waals surface area contributed by atoms with Gasteiger partial charge in [-0.2, -0.15) is 0 Å². The van der Waals surface area contributed by atoms with E-state index in [1.165, 1.54) is 0 Å². The SMILES string of the molecule is COc1ccc2[nH]c(C)c(C3=C(c4c(Cc5cccc(CN)c5)[nH]c5ccccc45)C(=O)NC3=O)c2c1. The molecule has 0 saturated carbocycles. The van der Waals surface area contributed by atoms with Gasteiger partial charge in [-0.1, -0.05) is 42.5 Å². The van der Waals surface area contributed by atoms with E-state index < -0.39 is 11.8 Å². The van der Waals surface area contributed by atoms with E-state index >= 15 is 0 Å². The largest absolute Gasteiger partial charge is 0.497 e. The van der Waals surface area contributed by atoms with Gasteiger partial charge >= 0.3 is 0 Å². The van der Waals surface area contributed by atoms with Gasteiger partial charge in [0.2, 0.25) is 0 Å². The molecule has 5 aromatic rings. The van der Waals surface area contributed by atoms with Crippen LogP contribution >= 0.6 is 0 Å². The molecule has 0 saturated heterocycles. The van der Waals surface area contributed by atoms with Gasteiger partial charge in [0.1, 0.15) is 5.75 Å². The van der Waals surface area contributed by atoms with Crippen molar-refractivity contribution in [3.63, 3.8) is 0 Å². The van der Waals surface area contributed by atoms with E-state index in [1.54, 1.807) is 7.11 Å². The standard InChI is InChI=1S/C30H26N4O3/c1-16-25(21-14-19(37-2)10-11-23(21)32-16)27-28(30(36)34-29(27)35)26-20-8-3-4-9-22(20)33-24(26)13-17-6-5-7-18(12-17)15-31/h3-12,14,32-33H,13,15,31H2,1-2H3,(H,34,35,36). The Hall–Kier alpha value is -4.62. The van der Waals surface area contributed by atoms with Crippen LogP contribution in [0.15, 0.2) is 66.7 Å². The highest BCUT2D eigenvalue weighted by molar-refractivity contribution is 6.51. The number of aromatic amines is 2. The van der Waals surface area contributed by atoms with Crippen LogP contribution in [0.4, 0.5) is 0 Å². The predicted molar refractivity (Wildman–Crippen MR) is 145 cm³/mol. The summed E-state index contributed by atoms with van der Waals surface area (Å²) in [5.41, 5.74) is 13.6. The van der Waals surface area contributed by atoms with Crippen molar-refractivity contribution in [2.45, 2.75) is 19.9 Å². The fourth-order valence-corrected chi connectivity index (χ4v) is 5.37. The van der Waals surface area contributed by atoms with Crippen LogP contribution in [0, 0.1) is 6.92 Å². The number of nitrogens with two attached hydrogens (primary N) is 1. The second-order valence-electron chi connectivity index (χ2n) is 9.29. The van der Waals surface area contributed by atoms with Crippen LogP contribution < -0.4 is 15.8 Å². The van der Waals surface area contributed by atoms with E-state index in [4.69, 9.17) is 10.5 Å². The van der Waals surface area contributed by atoms with Gasteiger partial charge in [-0.3, -0.25) is 14.9 Å². The lowest BCUT2D eigenvalue weighted by atomic mass is 9.91. The molecule has 2 amide bonds. The monoisotopic (exact) mass is 490 g/mol. The molecule has 0 atom stereocenters. The number of methoxy groups -OCH3 is 1. The molecule has 7 nitrogen and oxygen atoms in total. The highest BCUT2D eigenvalue weighted by Crippen LogP contribution is 2.41. The van der Waals surface area contributed by atoms with Crippen LogP contribution in [-0.4, -0.2) is 28.9 Å². The summed E-state index contributed by atoms with van der Waals surface area (Å²) in [6.07, 6.45) is 0.552. The van der Waals surface area contributed by atoms with Crippen molar-refractivity contribution in [2.75, 3.05) is 7.11 Å². The van der Waals surface area contributed by atoms with Crippen molar-refractivity contribution in [1.29, 1.82) is 0 Å². The third-order valence-corrected chi connectivity index (χ3v) is 7.02. The molecule has 0 bridgehead atoms. The number of aryl methyl sites for hydroxylation is 1. The minimum Gasteiger partial charge on any atom is -0.497 e. The summed E-state index contributed by atoms with van der Waals surface area (Å²) in [6.45, 7) is 2.36. The van der Waals surface area contributed by atoms with Gasteiger partial charge in [0, 0.05) is 57.3 Å². The third kappa shape index (κ3) is 3.72. The van der Waals surface area contributed by atoms with E-state index in [0.717, 1.165) is 49.9 Å². The molecule has 7 heteroatoms. The number of carbonyl (C=O) groups excluding carboxylic acids is 2. The molecule has 37 heavy (non-hydrogen) atoms. The first-order chi connectivity index (χ1) is 18.0. The topological polar surface area (TPSA) is 113 Å². The van der Waals surface area contributed by atoms with Crippen molar-refractivity contribution in [2.24, 2.45) is 5.73 Å². The number of hydrogen-bond donors (Lipinski definition) is 4. The van der Waals surface area contributed by atoms with Crippen molar-refractivity contribution < 1.29 is 14.3 Å². The van der Waals surface area contributed by atoms with Gasteiger partial charge in [-0.15, -0.1) is 0 Å². The normalized spacial score (nSPS) is 13.7. The molecule has 1 aliphatic heterocycles. The molecule has 0 radical (unpaired) electrons. The number of carbonyl (C=O) groups is 2. The number of amides is 2. The number of aromatic nitrogens is 2. The molecule has 6 rings (SSSR count). The number of fused-ring (bicyclic) bond motifs is 2. The molecule has 3 aromatic carbocycles. The summed E-state index contributed by atoms with van der Waals surface area (Å²) >= 11 is 0. The summed E-state index contributed by atoms with van der Waals surface area (Å²) in [5, 5.41) is 4.27. The van der Waals surface area contributed by atoms with Crippen molar-refractivity contribution in [3.8, 4) is 5.75 Å². The lowest BCUT2D eigenvalue weighted by Crippen LogP contribution is -2.23. The zero-order valence-electron chi connectivity index (χ0n) is 20.6. The van der Waals surface area contributed by atoms with Crippen LogP contribution in [0.1, 0.15) is 33.6 Å². The van der Waals surface area contributed by atoms with Crippen molar-refractivity contribution >= 4 is 44.8 Å². The van der Waals surface area contributed by atoms with Crippen LogP contribution in [0.25, 0.3) is 33.0 Å². The van der Waals surface area contributed by atoms with Crippen molar-refractivity contribution in [3.05, 3.63) is 100 Å². The van der Waals surface area contributed by atoms with Gasteiger partial charge < -0.3 is 20.4 Å². The number of nitrogens with one attached hydrogen (secondary N) is 3. The van der Waals surface area contributed by atoms with Gasteiger partial charge in [0.15, 0.2) is 0 Å². The maximum absolute atomic E-state index is 13.5. The number of hydrogen-bond acceptors (Lipinski definition) is 4. The minimum absolute atomic E-state index is 0.365. The second-order valence-corrected chi connectivity index (χ2v) is 9.29. The van der Waals surface area contributed by atoms with Gasteiger partial charge in [0.05, 0.1) is 18.3 Å². The highest BCUT2D eigenvalue weighted by atomic mass is 16.5. The van der Waals surface area contributed by atoms with E-state index in [0.29, 0.717) is 35.4 Å². The first kappa shape index (κ1) is 22.8. The summed E-state index contributed by atoms with van der Waals surface area (Å²) in [7, 11) is 1.61. The molecule has 3 heterocycles. The average molecular weight is 491 g/mol. The van der Waals surface area contributed by atoms with E-state index in [2.05, 4.69) is 21.4 Å². The van der Waals surface area contributed by atoms with E-state index in [9.17, 15) is 9.59 Å². The average Bonchev–Trinajstić information content (AvgIpc) is 3.51. The second kappa shape index (κ2) is 8.80. The number of ether oxygens (including phenoxy) is 1.